The van der Waals surface area contributed by atoms with Crippen LogP contribution in [0.3, 0.4) is 0 Å². The molecule has 2 unspecified atom stereocenters. The van der Waals surface area contributed by atoms with Gasteiger partial charge in [0.1, 0.15) is 6.04 Å². The van der Waals surface area contributed by atoms with E-state index in [-0.39, 0.29) is 12.6 Å². The number of hydroxylamine groups is 3. The largest absolute Gasteiger partial charge is 0.418 e. The van der Waals surface area contributed by atoms with Gasteiger partial charge in [0.2, 0.25) is 0 Å². The Morgan fingerprint density at radius 2 is 2.07 bits per heavy atom. The van der Waals surface area contributed by atoms with Crippen LogP contribution in [-0.2, 0) is 24.3 Å². The molecular weight excluding hydrogens is 382 g/mol. The van der Waals surface area contributed by atoms with Gasteiger partial charge in [0.15, 0.2) is 0 Å². The van der Waals surface area contributed by atoms with Crippen molar-refractivity contribution in [3.05, 3.63) is 0 Å². The molecule has 0 spiro atoms. The molecule has 152 valence electrons. The maximum absolute atomic E-state index is 12.5. The van der Waals surface area contributed by atoms with E-state index in [1.165, 1.54) is 4.90 Å². The lowest BCUT2D eigenvalue weighted by Gasteiger charge is -2.29. The molecule has 4 atom stereocenters. The molecule has 0 saturated carbocycles. The number of nitrogens with zero attached hydrogens (tertiary/aromatic N) is 3. The number of fused-ring (bicyclic) bond motifs is 3. The number of nitrogens with one attached hydrogen (secondary N) is 2. The SMILES string of the molecule is O=C(NOC1CC2CNCCN2C1)[C@@H]1CC[C@@H]2CN1C(=O)N2OS(=O)(=O)O. The van der Waals surface area contributed by atoms with Crippen molar-refractivity contribution in [1.82, 2.24) is 25.7 Å². The summed E-state index contributed by atoms with van der Waals surface area (Å²) in [5.74, 6) is -0.446. The zero-order valence-corrected chi connectivity index (χ0v) is 15.4. The Balaban J connectivity index is 1.32. The van der Waals surface area contributed by atoms with Crippen LogP contribution in [0.5, 0.6) is 0 Å². The Kier molecular flexibility index (Phi) is 4.98. The lowest BCUT2D eigenvalue weighted by molar-refractivity contribution is -0.143. The summed E-state index contributed by atoms with van der Waals surface area (Å²) in [7, 11) is -4.81. The third-order valence-electron chi connectivity index (χ3n) is 5.57. The Bertz CT molecular complexity index is 705. The quantitative estimate of drug-likeness (QED) is 0.353. The van der Waals surface area contributed by atoms with Crippen LogP contribution in [0.2, 0.25) is 0 Å². The van der Waals surface area contributed by atoms with E-state index in [9.17, 15) is 18.0 Å². The summed E-state index contributed by atoms with van der Waals surface area (Å²) >= 11 is 0. The molecule has 0 aromatic carbocycles. The number of hydrogen-bond acceptors (Lipinski definition) is 8. The molecule has 0 aromatic rings. The van der Waals surface area contributed by atoms with Gasteiger partial charge >= 0.3 is 16.4 Å². The fourth-order valence-corrected chi connectivity index (χ4v) is 4.70. The van der Waals surface area contributed by atoms with E-state index in [0.717, 1.165) is 32.6 Å². The Labute approximate surface area is 156 Å². The second kappa shape index (κ2) is 7.14. The average molecular weight is 405 g/mol. The number of urea groups is 1. The predicted octanol–water partition coefficient (Wildman–Crippen LogP) is -1.92. The fourth-order valence-electron chi connectivity index (χ4n) is 4.31. The van der Waals surface area contributed by atoms with Crippen molar-refractivity contribution >= 4 is 22.3 Å². The summed E-state index contributed by atoms with van der Waals surface area (Å²) in [5.41, 5.74) is 2.46. The monoisotopic (exact) mass is 405 g/mol. The molecule has 3 amide bonds. The third-order valence-corrected chi connectivity index (χ3v) is 5.92. The van der Waals surface area contributed by atoms with E-state index in [0.29, 0.717) is 23.9 Å². The van der Waals surface area contributed by atoms with E-state index >= 15 is 0 Å². The maximum atomic E-state index is 12.5. The van der Waals surface area contributed by atoms with Crippen molar-refractivity contribution in [2.24, 2.45) is 0 Å². The highest BCUT2D eigenvalue weighted by molar-refractivity contribution is 7.80. The van der Waals surface area contributed by atoms with Crippen LogP contribution in [0.1, 0.15) is 19.3 Å². The molecule has 4 aliphatic heterocycles. The van der Waals surface area contributed by atoms with Gasteiger partial charge in [-0.2, -0.15) is 13.5 Å². The first-order valence-electron chi connectivity index (χ1n) is 8.99. The standard InChI is InChI=1S/C14H23N5O7S/c20-13(16-25-11-5-10-6-15-3-4-17(10)8-11)12-2-1-9-7-18(12)14(21)19(9)26-27(22,23)24/h9-12,15H,1-8H2,(H,16,20)(H,22,23,24)/t9-,10?,11?,12+/m1/s1. The Morgan fingerprint density at radius 3 is 2.81 bits per heavy atom. The normalized spacial score (nSPS) is 34.0. The zero-order valence-electron chi connectivity index (χ0n) is 14.6. The molecule has 0 radical (unpaired) electrons. The lowest BCUT2D eigenvalue weighted by atomic mass is 10.0. The third kappa shape index (κ3) is 3.88. The van der Waals surface area contributed by atoms with Crippen molar-refractivity contribution in [2.45, 2.75) is 43.5 Å². The van der Waals surface area contributed by atoms with E-state index in [1.54, 1.807) is 0 Å². The van der Waals surface area contributed by atoms with E-state index in [2.05, 4.69) is 20.0 Å². The van der Waals surface area contributed by atoms with Gasteiger partial charge in [0, 0.05) is 38.8 Å². The van der Waals surface area contributed by atoms with Gasteiger partial charge in [-0.15, -0.1) is 4.28 Å². The van der Waals surface area contributed by atoms with Gasteiger partial charge in [-0.3, -0.25) is 19.1 Å². The summed E-state index contributed by atoms with van der Waals surface area (Å²) in [4.78, 5) is 34.0. The first-order chi connectivity index (χ1) is 12.8. The molecule has 0 aromatic heterocycles. The zero-order chi connectivity index (χ0) is 19.2. The highest BCUT2D eigenvalue weighted by Gasteiger charge is 2.49. The van der Waals surface area contributed by atoms with Crippen molar-refractivity contribution in [3.8, 4) is 0 Å². The van der Waals surface area contributed by atoms with Gasteiger partial charge in [0.25, 0.3) is 5.91 Å². The maximum Gasteiger partial charge on any atom is 0.418 e. The summed E-state index contributed by atoms with van der Waals surface area (Å²) in [6.45, 7) is 3.70. The number of rotatable bonds is 5. The molecule has 4 fully saturated rings. The molecule has 3 N–H and O–H groups in total. The molecular formula is C14H23N5O7S. The topological polar surface area (TPSA) is 141 Å². The lowest BCUT2D eigenvalue weighted by Crippen LogP contribution is -2.50. The number of hydrogen-bond donors (Lipinski definition) is 3. The highest BCUT2D eigenvalue weighted by Crippen LogP contribution is 2.31. The van der Waals surface area contributed by atoms with Crippen LogP contribution in [0.4, 0.5) is 4.79 Å². The highest BCUT2D eigenvalue weighted by atomic mass is 32.3. The van der Waals surface area contributed by atoms with Crippen LogP contribution < -0.4 is 10.8 Å². The molecule has 4 rings (SSSR count). The van der Waals surface area contributed by atoms with E-state index < -0.39 is 34.4 Å². The second-order valence-electron chi connectivity index (χ2n) is 7.30. The molecule has 4 saturated heterocycles. The van der Waals surface area contributed by atoms with Crippen LogP contribution >= 0.6 is 0 Å². The van der Waals surface area contributed by atoms with Gasteiger partial charge in [-0.05, 0) is 19.3 Å². The van der Waals surface area contributed by atoms with Crippen LogP contribution in [0.25, 0.3) is 0 Å². The average Bonchev–Trinajstić information content (AvgIpc) is 3.14. The van der Waals surface area contributed by atoms with Crippen LogP contribution in [0.15, 0.2) is 0 Å². The minimum atomic E-state index is -4.81. The van der Waals surface area contributed by atoms with E-state index in [4.69, 9.17) is 9.39 Å². The molecule has 4 aliphatic rings. The number of piperazine rings is 1. The van der Waals surface area contributed by atoms with Crippen molar-refractivity contribution in [3.63, 3.8) is 0 Å². The minimum absolute atomic E-state index is 0.108. The van der Waals surface area contributed by atoms with Crippen molar-refractivity contribution in [2.75, 3.05) is 32.7 Å². The first-order valence-corrected chi connectivity index (χ1v) is 10.4. The Hall–Kier alpha value is -1.51. The number of carbonyl (C=O) groups is 2. The molecule has 2 bridgehead atoms. The van der Waals surface area contributed by atoms with Gasteiger partial charge < -0.3 is 10.2 Å². The molecule has 4 heterocycles. The molecule has 27 heavy (non-hydrogen) atoms. The fraction of sp³-hybridized carbons (Fsp3) is 0.857. The second-order valence-corrected chi connectivity index (χ2v) is 8.31. The summed E-state index contributed by atoms with van der Waals surface area (Å²) in [6, 6.07) is -1.65. The van der Waals surface area contributed by atoms with Crippen LogP contribution in [-0.4, -0.2) is 96.7 Å². The van der Waals surface area contributed by atoms with Crippen molar-refractivity contribution < 1.29 is 31.7 Å². The number of amides is 3. The van der Waals surface area contributed by atoms with Crippen LogP contribution in [0, 0.1) is 0 Å². The molecule has 13 heteroatoms. The summed E-state index contributed by atoms with van der Waals surface area (Å²) < 4.78 is 35.0. The smallest absolute Gasteiger partial charge is 0.314 e. The molecule has 12 nitrogen and oxygen atoms in total. The first kappa shape index (κ1) is 18.8. The summed E-state index contributed by atoms with van der Waals surface area (Å²) in [5, 5.41) is 3.95. The Morgan fingerprint density at radius 1 is 1.26 bits per heavy atom. The van der Waals surface area contributed by atoms with E-state index in [1.807, 2.05) is 0 Å². The number of piperidine rings is 1. The number of carbonyl (C=O) groups excluding carboxylic acids is 2. The van der Waals surface area contributed by atoms with Crippen molar-refractivity contribution in [1.29, 1.82) is 0 Å². The van der Waals surface area contributed by atoms with Gasteiger partial charge in [0.05, 0.1) is 12.1 Å². The van der Waals surface area contributed by atoms with Gasteiger partial charge in [-0.1, -0.05) is 0 Å². The molecule has 0 aliphatic carbocycles. The summed E-state index contributed by atoms with van der Waals surface area (Å²) in [6.07, 6.45) is 1.43. The minimum Gasteiger partial charge on any atom is -0.314 e. The van der Waals surface area contributed by atoms with Gasteiger partial charge in [-0.25, -0.2) is 10.3 Å². The predicted molar refractivity (Wildman–Crippen MR) is 89.2 cm³/mol.